The lowest BCUT2D eigenvalue weighted by atomic mass is 9.96. The quantitative estimate of drug-likeness (QED) is 0.241. The minimum Gasteiger partial charge on any atom is -0.480 e. The topological polar surface area (TPSA) is 171 Å². The lowest BCUT2D eigenvalue weighted by Crippen LogP contribution is -2.59. The van der Waals surface area contributed by atoms with Crippen molar-refractivity contribution in [3.05, 3.63) is 0 Å². The second kappa shape index (κ2) is 14.2. The summed E-state index contributed by atoms with van der Waals surface area (Å²) in [5, 5.41) is 17.5. The van der Waals surface area contributed by atoms with Crippen molar-refractivity contribution in [3.63, 3.8) is 0 Å². The number of carboxylic acid groups (broad SMARTS) is 1. The highest BCUT2D eigenvalue weighted by Crippen LogP contribution is 2.19. The summed E-state index contributed by atoms with van der Waals surface area (Å²) in [5.74, 6) is -3.31. The van der Waals surface area contributed by atoms with Crippen LogP contribution in [-0.2, 0) is 24.0 Å². The third-order valence-electron chi connectivity index (χ3n) is 6.70. The summed E-state index contributed by atoms with van der Waals surface area (Å²) in [4.78, 5) is 64.5. The maximum absolute atomic E-state index is 13.2. The van der Waals surface area contributed by atoms with Crippen molar-refractivity contribution in [1.82, 2.24) is 20.9 Å². The molecule has 11 nitrogen and oxygen atoms in total. The van der Waals surface area contributed by atoms with E-state index < -0.39 is 59.8 Å². The van der Waals surface area contributed by atoms with Gasteiger partial charge in [-0.15, -0.1) is 0 Å². The van der Waals surface area contributed by atoms with Gasteiger partial charge in [0.05, 0.1) is 6.04 Å². The maximum atomic E-state index is 13.2. The lowest BCUT2D eigenvalue weighted by molar-refractivity contribution is -0.149. The molecule has 36 heavy (non-hydrogen) atoms. The third kappa shape index (κ3) is 8.76. The number of carboxylic acids is 1. The number of amides is 4. The molecule has 1 aliphatic rings. The largest absolute Gasteiger partial charge is 0.480 e. The van der Waals surface area contributed by atoms with Gasteiger partial charge in [-0.2, -0.15) is 0 Å². The minimum atomic E-state index is -1.07. The van der Waals surface area contributed by atoms with E-state index in [9.17, 15) is 29.1 Å². The van der Waals surface area contributed by atoms with Gasteiger partial charge in [0.2, 0.25) is 23.6 Å². The van der Waals surface area contributed by atoms with Crippen LogP contribution in [0, 0.1) is 17.8 Å². The summed E-state index contributed by atoms with van der Waals surface area (Å²) in [5.41, 5.74) is 5.94. The van der Waals surface area contributed by atoms with E-state index >= 15 is 0 Å². The standard InChI is InChI=1S/C25H45N5O6/c1-8-15(6)20(23(33)27-16(7)24(34)30-11-9-10-18(30)25(35)36)29-21(31)17(12-13(2)3)28-22(32)19(26)14(4)5/h13-20H,8-12,26H2,1-7H3,(H,27,33)(H,28,32)(H,29,31)(H,35,36)/t15-,16-,17-,18-,19-,20-/m0/s1. The molecule has 6 N–H and O–H groups in total. The van der Waals surface area contributed by atoms with Crippen molar-refractivity contribution in [2.45, 2.75) is 104 Å². The Labute approximate surface area is 214 Å². The van der Waals surface area contributed by atoms with Crippen molar-refractivity contribution in [1.29, 1.82) is 0 Å². The normalized spacial score (nSPS) is 19.8. The van der Waals surface area contributed by atoms with E-state index in [1.807, 2.05) is 41.5 Å². The van der Waals surface area contributed by atoms with E-state index in [4.69, 9.17) is 5.73 Å². The van der Waals surface area contributed by atoms with Crippen LogP contribution in [-0.4, -0.2) is 76.4 Å². The lowest BCUT2D eigenvalue weighted by Gasteiger charge is -2.30. The molecule has 1 fully saturated rings. The van der Waals surface area contributed by atoms with Gasteiger partial charge in [0.15, 0.2) is 0 Å². The van der Waals surface area contributed by atoms with Crippen molar-refractivity contribution in [3.8, 4) is 0 Å². The Morgan fingerprint density at radius 1 is 0.944 bits per heavy atom. The molecule has 0 aromatic carbocycles. The molecular weight excluding hydrogens is 466 g/mol. The first-order chi connectivity index (χ1) is 16.7. The number of hydrogen-bond donors (Lipinski definition) is 5. The number of hydrogen-bond acceptors (Lipinski definition) is 6. The van der Waals surface area contributed by atoms with Crippen LogP contribution < -0.4 is 21.7 Å². The number of nitrogens with one attached hydrogen (secondary N) is 3. The van der Waals surface area contributed by atoms with Crippen LogP contribution in [0.5, 0.6) is 0 Å². The summed E-state index contributed by atoms with van der Waals surface area (Å²) >= 11 is 0. The zero-order valence-corrected chi connectivity index (χ0v) is 22.7. The molecule has 0 aromatic rings. The molecule has 1 heterocycles. The second-order valence-corrected chi connectivity index (χ2v) is 10.6. The van der Waals surface area contributed by atoms with Crippen LogP contribution in [0.3, 0.4) is 0 Å². The van der Waals surface area contributed by atoms with Gasteiger partial charge in [0, 0.05) is 6.54 Å². The summed E-state index contributed by atoms with van der Waals surface area (Å²) in [7, 11) is 0. The van der Waals surface area contributed by atoms with Crippen LogP contribution in [0.2, 0.25) is 0 Å². The Hall–Kier alpha value is -2.69. The van der Waals surface area contributed by atoms with Gasteiger partial charge in [-0.3, -0.25) is 19.2 Å². The summed E-state index contributed by atoms with van der Waals surface area (Å²) in [6, 6.07) is -4.46. The van der Waals surface area contributed by atoms with Crippen LogP contribution >= 0.6 is 0 Å². The SMILES string of the molecule is CC[C@H](C)[C@H](NC(=O)[C@H](CC(C)C)NC(=O)[C@@H](N)C(C)C)C(=O)N[C@@H](C)C(=O)N1CCC[C@H]1C(=O)O. The Morgan fingerprint density at radius 3 is 2.06 bits per heavy atom. The fourth-order valence-electron chi connectivity index (χ4n) is 4.13. The molecule has 4 amide bonds. The molecule has 206 valence electrons. The van der Waals surface area contributed by atoms with E-state index in [-0.39, 0.29) is 17.8 Å². The molecule has 11 heteroatoms. The zero-order valence-electron chi connectivity index (χ0n) is 22.7. The van der Waals surface area contributed by atoms with E-state index in [2.05, 4.69) is 16.0 Å². The fraction of sp³-hybridized carbons (Fsp3) is 0.800. The van der Waals surface area contributed by atoms with Gasteiger partial charge >= 0.3 is 5.97 Å². The molecule has 0 spiro atoms. The van der Waals surface area contributed by atoms with Crippen molar-refractivity contribution in [2.24, 2.45) is 23.5 Å². The predicted molar refractivity (Wildman–Crippen MR) is 136 cm³/mol. The molecule has 0 bridgehead atoms. The second-order valence-electron chi connectivity index (χ2n) is 10.6. The Balaban J connectivity index is 2.98. The van der Waals surface area contributed by atoms with Crippen LogP contribution in [0.25, 0.3) is 0 Å². The monoisotopic (exact) mass is 511 g/mol. The third-order valence-corrected chi connectivity index (χ3v) is 6.70. The molecule has 0 saturated carbocycles. The molecule has 6 atom stereocenters. The van der Waals surface area contributed by atoms with E-state index in [1.165, 1.54) is 11.8 Å². The summed E-state index contributed by atoms with van der Waals surface area (Å²) in [6.07, 6.45) is 1.89. The Bertz CT molecular complexity index is 802. The van der Waals surface area contributed by atoms with Gasteiger partial charge in [-0.25, -0.2) is 4.79 Å². The van der Waals surface area contributed by atoms with Crippen LogP contribution in [0.4, 0.5) is 0 Å². The molecular formula is C25H45N5O6. The Morgan fingerprint density at radius 2 is 1.56 bits per heavy atom. The predicted octanol–water partition coefficient (Wildman–Crippen LogP) is 0.612. The maximum Gasteiger partial charge on any atom is 0.326 e. The first-order valence-electron chi connectivity index (χ1n) is 12.9. The van der Waals surface area contributed by atoms with Gasteiger partial charge in [-0.1, -0.05) is 48.0 Å². The van der Waals surface area contributed by atoms with Gasteiger partial charge in [0.1, 0.15) is 24.2 Å². The molecule has 1 aliphatic heterocycles. The number of aliphatic carboxylic acids is 1. The highest BCUT2D eigenvalue weighted by Gasteiger charge is 2.38. The van der Waals surface area contributed by atoms with E-state index in [0.717, 1.165) is 0 Å². The molecule has 1 saturated heterocycles. The van der Waals surface area contributed by atoms with E-state index in [0.29, 0.717) is 32.2 Å². The summed E-state index contributed by atoms with van der Waals surface area (Å²) < 4.78 is 0. The van der Waals surface area contributed by atoms with Gasteiger partial charge in [-0.05, 0) is 43.9 Å². The smallest absolute Gasteiger partial charge is 0.326 e. The summed E-state index contributed by atoms with van der Waals surface area (Å²) in [6.45, 7) is 13.0. The number of carbonyl (C=O) groups is 5. The molecule has 0 aliphatic carbocycles. The van der Waals surface area contributed by atoms with Crippen molar-refractivity contribution >= 4 is 29.6 Å². The van der Waals surface area contributed by atoms with Gasteiger partial charge in [0.25, 0.3) is 0 Å². The zero-order chi connectivity index (χ0) is 27.7. The number of rotatable bonds is 13. The number of nitrogens with zero attached hydrogens (tertiary/aromatic N) is 1. The van der Waals surface area contributed by atoms with Gasteiger partial charge < -0.3 is 31.7 Å². The number of nitrogens with two attached hydrogens (primary N) is 1. The average Bonchev–Trinajstić information content (AvgIpc) is 3.30. The average molecular weight is 512 g/mol. The fourth-order valence-corrected chi connectivity index (χ4v) is 4.13. The van der Waals surface area contributed by atoms with Crippen molar-refractivity contribution < 1.29 is 29.1 Å². The molecule has 0 unspecified atom stereocenters. The number of carbonyl (C=O) groups excluding carboxylic acids is 4. The minimum absolute atomic E-state index is 0.0903. The van der Waals surface area contributed by atoms with Crippen LogP contribution in [0.1, 0.15) is 74.1 Å². The number of likely N-dealkylation sites (tertiary alicyclic amines) is 1. The Kier molecular flexibility index (Phi) is 12.3. The van der Waals surface area contributed by atoms with E-state index in [1.54, 1.807) is 0 Å². The van der Waals surface area contributed by atoms with Crippen LogP contribution in [0.15, 0.2) is 0 Å². The van der Waals surface area contributed by atoms with Crippen molar-refractivity contribution in [2.75, 3.05) is 6.54 Å². The molecule has 0 aromatic heterocycles. The molecule has 0 radical (unpaired) electrons. The first-order valence-corrected chi connectivity index (χ1v) is 12.9. The highest BCUT2D eigenvalue weighted by atomic mass is 16.4. The first kappa shape index (κ1) is 31.3. The highest BCUT2D eigenvalue weighted by molar-refractivity contribution is 5.95. The molecule has 1 rings (SSSR count).